The maximum Gasteiger partial charge on any atom is 0.264 e. The summed E-state index contributed by atoms with van der Waals surface area (Å²) in [5.74, 6) is 0.583. The first kappa shape index (κ1) is 20.6. The summed E-state index contributed by atoms with van der Waals surface area (Å²) in [4.78, 5) is 23.2. The Morgan fingerprint density at radius 2 is 2.03 bits per heavy atom. The Morgan fingerprint density at radius 1 is 1.20 bits per heavy atom. The fraction of sp³-hybridized carbons (Fsp3) is 0.385. The number of aryl methyl sites for hydroxylation is 2. The number of benzene rings is 1. The number of allylic oxidation sites excluding steroid dienone is 1. The van der Waals surface area contributed by atoms with Crippen molar-refractivity contribution in [3.63, 3.8) is 0 Å². The van der Waals surface area contributed by atoms with E-state index < -0.39 is 0 Å². The van der Waals surface area contributed by atoms with Crippen LogP contribution >= 0.6 is 0 Å². The summed E-state index contributed by atoms with van der Waals surface area (Å²) in [5.41, 5.74) is 13.5. The number of hydrogen-bond acceptors (Lipinski definition) is 6. The number of H-pyrrole nitrogens is 2. The normalized spacial score (nSPS) is 20.8. The van der Waals surface area contributed by atoms with Crippen LogP contribution in [0.15, 0.2) is 41.3 Å². The van der Waals surface area contributed by atoms with Gasteiger partial charge < -0.3 is 10.6 Å². The predicted octanol–water partition coefficient (Wildman–Crippen LogP) is 2.60. The Hall–Kier alpha value is -3.72. The molecule has 1 spiro atoms. The molecule has 3 aromatic heterocycles. The van der Waals surface area contributed by atoms with Gasteiger partial charge >= 0.3 is 0 Å². The summed E-state index contributed by atoms with van der Waals surface area (Å²) in [5, 5.41) is 12.6. The van der Waals surface area contributed by atoms with Gasteiger partial charge in [0.05, 0.1) is 11.4 Å². The van der Waals surface area contributed by atoms with Gasteiger partial charge in [-0.25, -0.2) is 0 Å². The summed E-state index contributed by atoms with van der Waals surface area (Å²) in [6.45, 7) is 1.61. The van der Waals surface area contributed by atoms with Crippen molar-refractivity contribution < 1.29 is 0 Å². The number of aromatic nitrogens is 6. The van der Waals surface area contributed by atoms with Gasteiger partial charge in [0.1, 0.15) is 5.39 Å². The average molecular weight is 469 g/mol. The Labute approximate surface area is 202 Å². The molecule has 9 heteroatoms. The fourth-order valence-corrected chi connectivity index (χ4v) is 6.38. The molecule has 4 aromatic rings. The van der Waals surface area contributed by atoms with Gasteiger partial charge in [0.25, 0.3) is 5.56 Å². The monoisotopic (exact) mass is 468 g/mol. The minimum atomic E-state index is -0.170. The van der Waals surface area contributed by atoms with Crippen LogP contribution < -0.4 is 16.2 Å². The van der Waals surface area contributed by atoms with E-state index in [2.05, 4.69) is 55.5 Å². The number of hydrogen-bond donors (Lipinski definition) is 3. The lowest BCUT2D eigenvalue weighted by molar-refractivity contribution is 0.187. The lowest BCUT2D eigenvalue weighted by atomic mass is 9.73. The molecule has 0 amide bonds. The number of nitrogens with zero attached hydrogens (tertiary/aromatic N) is 5. The van der Waals surface area contributed by atoms with Gasteiger partial charge in [-0.05, 0) is 48.6 Å². The van der Waals surface area contributed by atoms with E-state index in [4.69, 9.17) is 10.7 Å². The highest BCUT2D eigenvalue weighted by atomic mass is 16.1. The van der Waals surface area contributed by atoms with E-state index in [1.807, 2.05) is 17.9 Å². The van der Waals surface area contributed by atoms with Gasteiger partial charge in [-0.15, -0.1) is 0 Å². The largest absolute Gasteiger partial charge is 0.342 e. The summed E-state index contributed by atoms with van der Waals surface area (Å²) >= 11 is 0. The first-order valence-corrected chi connectivity index (χ1v) is 12.3. The molecule has 178 valence electrons. The van der Waals surface area contributed by atoms with E-state index in [1.165, 1.54) is 11.1 Å². The molecule has 4 N–H and O–H groups in total. The van der Waals surface area contributed by atoms with Gasteiger partial charge in [-0.1, -0.05) is 30.3 Å². The Bertz CT molecular complexity index is 1550. The van der Waals surface area contributed by atoms with Crippen LogP contribution in [0.1, 0.15) is 53.4 Å². The third-order valence-corrected chi connectivity index (χ3v) is 8.26. The van der Waals surface area contributed by atoms with E-state index >= 15 is 0 Å². The van der Waals surface area contributed by atoms with Crippen LogP contribution in [0, 0.1) is 5.41 Å². The Kier molecular flexibility index (Phi) is 4.36. The molecular weight excluding hydrogens is 440 g/mol. The third kappa shape index (κ3) is 3.04. The summed E-state index contributed by atoms with van der Waals surface area (Å²) in [7, 11) is 1.92. The molecule has 2 aliphatic carbocycles. The molecule has 1 atom stereocenters. The summed E-state index contributed by atoms with van der Waals surface area (Å²) in [6, 6.07) is 8.60. The fourth-order valence-electron chi connectivity index (χ4n) is 6.38. The zero-order chi connectivity index (χ0) is 23.7. The Morgan fingerprint density at radius 3 is 2.86 bits per heavy atom. The molecule has 35 heavy (non-hydrogen) atoms. The van der Waals surface area contributed by atoms with Crippen LogP contribution in [0.25, 0.3) is 16.6 Å². The second-order valence-corrected chi connectivity index (χ2v) is 10.2. The van der Waals surface area contributed by atoms with Crippen molar-refractivity contribution in [3.05, 3.63) is 75.0 Å². The van der Waals surface area contributed by atoms with Crippen LogP contribution in [0.5, 0.6) is 0 Å². The first-order chi connectivity index (χ1) is 17.0. The number of rotatable bonds is 2. The van der Waals surface area contributed by atoms with Gasteiger partial charge in [-0.3, -0.25) is 19.6 Å². The summed E-state index contributed by atoms with van der Waals surface area (Å²) < 4.78 is 1.82. The predicted molar refractivity (Wildman–Crippen MR) is 134 cm³/mol. The van der Waals surface area contributed by atoms with Gasteiger partial charge in [-0.2, -0.15) is 15.2 Å². The van der Waals surface area contributed by atoms with Crippen molar-refractivity contribution in [2.24, 2.45) is 18.2 Å². The molecule has 4 heterocycles. The number of nitrogens with two attached hydrogens (primary N) is 1. The minimum Gasteiger partial charge on any atom is -0.342 e. The van der Waals surface area contributed by atoms with Crippen LogP contribution in [-0.2, 0) is 19.9 Å². The van der Waals surface area contributed by atoms with Crippen LogP contribution in [-0.4, -0.2) is 43.0 Å². The molecule has 9 nitrogen and oxygen atoms in total. The number of anilines is 1. The molecule has 0 radical (unpaired) electrons. The second kappa shape index (κ2) is 7.39. The standard InChI is InChI=1S/C26H28N8O/c1-33-14-18-17(7-4-8-19(18)32-33)21-20-23(31-30-21)28-25(29-24(20)35)34-11-9-26(10-12-34)13-15-5-2-3-6-16(15)22(26)27/h2-3,5-7,14,22H,4,8-13,27H2,1H3,(H2,28,29,30,31,35)/t22-/m1/s1. The Balaban J connectivity index is 1.18. The average Bonchev–Trinajstić information content (AvgIpc) is 3.53. The highest BCUT2D eigenvalue weighted by molar-refractivity contribution is 5.94. The molecule has 1 saturated heterocycles. The van der Waals surface area contributed by atoms with Crippen molar-refractivity contribution in [1.29, 1.82) is 0 Å². The molecule has 7 rings (SSSR count). The number of nitrogens with one attached hydrogen (secondary N) is 2. The first-order valence-electron chi connectivity index (χ1n) is 12.3. The van der Waals surface area contributed by atoms with Gasteiger partial charge in [0.15, 0.2) is 5.65 Å². The van der Waals surface area contributed by atoms with E-state index in [9.17, 15) is 4.79 Å². The van der Waals surface area contributed by atoms with E-state index in [0.717, 1.165) is 62.0 Å². The van der Waals surface area contributed by atoms with Gasteiger partial charge in [0, 0.05) is 43.5 Å². The lowest BCUT2D eigenvalue weighted by Crippen LogP contribution is -2.45. The minimum absolute atomic E-state index is 0.0605. The highest BCUT2D eigenvalue weighted by Gasteiger charge is 2.46. The van der Waals surface area contributed by atoms with Crippen molar-refractivity contribution in [1.82, 2.24) is 29.9 Å². The molecule has 1 aromatic carbocycles. The molecule has 1 aliphatic heterocycles. The SMILES string of the molecule is Cn1cc2c(n1)CCC=C2c1[nH]nc2nc(N3CCC4(CC3)Cc3ccccc3[C@H]4N)[nH]c(=O)c12. The summed E-state index contributed by atoms with van der Waals surface area (Å²) in [6.07, 6.45) is 8.88. The number of aromatic amines is 2. The number of piperidine rings is 1. The molecule has 3 aliphatic rings. The lowest BCUT2D eigenvalue weighted by Gasteiger charge is -2.42. The third-order valence-electron chi connectivity index (χ3n) is 8.26. The van der Waals surface area contributed by atoms with Crippen molar-refractivity contribution >= 4 is 22.6 Å². The molecular formula is C26H28N8O. The van der Waals surface area contributed by atoms with Crippen LogP contribution in [0.3, 0.4) is 0 Å². The van der Waals surface area contributed by atoms with Crippen molar-refractivity contribution in [3.8, 4) is 0 Å². The van der Waals surface area contributed by atoms with Gasteiger partial charge in [0.2, 0.25) is 5.95 Å². The quantitative estimate of drug-likeness (QED) is 0.416. The van der Waals surface area contributed by atoms with E-state index in [1.54, 1.807) is 0 Å². The highest BCUT2D eigenvalue weighted by Crippen LogP contribution is 2.50. The smallest absolute Gasteiger partial charge is 0.264 e. The van der Waals surface area contributed by atoms with E-state index in [0.29, 0.717) is 22.7 Å². The molecule has 0 bridgehead atoms. The van der Waals surface area contributed by atoms with Crippen LogP contribution in [0.4, 0.5) is 5.95 Å². The maximum absolute atomic E-state index is 13.3. The zero-order valence-corrected chi connectivity index (χ0v) is 19.7. The maximum atomic E-state index is 13.3. The molecule has 1 fully saturated rings. The second-order valence-electron chi connectivity index (χ2n) is 10.2. The van der Waals surface area contributed by atoms with Crippen molar-refractivity contribution in [2.75, 3.05) is 18.0 Å². The van der Waals surface area contributed by atoms with E-state index in [-0.39, 0.29) is 17.0 Å². The topological polar surface area (TPSA) is 122 Å². The zero-order valence-electron chi connectivity index (χ0n) is 19.7. The molecule has 0 saturated carbocycles. The van der Waals surface area contributed by atoms with Crippen molar-refractivity contribution in [2.45, 2.75) is 38.1 Å². The van der Waals surface area contributed by atoms with Crippen LogP contribution in [0.2, 0.25) is 0 Å². The molecule has 0 unspecified atom stereocenters. The number of fused-ring (bicyclic) bond motifs is 3.